The van der Waals surface area contributed by atoms with Gasteiger partial charge in [-0.1, -0.05) is 0 Å². The van der Waals surface area contributed by atoms with Crippen LogP contribution in [0.2, 0.25) is 0 Å². The molecule has 1 aliphatic carbocycles. The Kier molecular flexibility index (Phi) is 1.90. The van der Waals surface area contributed by atoms with Gasteiger partial charge in [0, 0.05) is 6.54 Å². The number of aromatic nitrogens is 3. The zero-order chi connectivity index (χ0) is 10.4. The van der Waals surface area contributed by atoms with E-state index in [2.05, 4.69) is 15.4 Å². The van der Waals surface area contributed by atoms with Crippen LogP contribution in [0.1, 0.15) is 37.6 Å². The van der Waals surface area contributed by atoms with Gasteiger partial charge in [-0.15, -0.1) is 5.10 Å². The highest BCUT2D eigenvalue weighted by Gasteiger charge is 2.37. The monoisotopic (exact) mass is 214 g/mol. The molecule has 1 N–H and O–H groups in total. The first-order valence-corrected chi connectivity index (χ1v) is 5.24. The third-order valence-electron chi connectivity index (χ3n) is 3.05. The van der Waals surface area contributed by atoms with Gasteiger partial charge in [-0.3, -0.25) is 0 Å². The molecule has 0 bridgehead atoms. The molecule has 0 saturated heterocycles. The molecule has 1 aromatic heterocycles. The van der Waals surface area contributed by atoms with Crippen molar-refractivity contribution in [2.45, 2.75) is 31.7 Å². The molecule has 82 valence electrons. The quantitative estimate of drug-likeness (QED) is 0.818. The predicted octanol–water partition coefficient (Wildman–Crippen LogP) is 1.98. The number of rotatable bonds is 2. The van der Waals surface area contributed by atoms with Crippen molar-refractivity contribution in [3.63, 3.8) is 0 Å². The van der Waals surface area contributed by atoms with Crippen LogP contribution < -0.4 is 5.32 Å². The van der Waals surface area contributed by atoms with Gasteiger partial charge in [-0.05, 0) is 25.2 Å². The Bertz CT molecular complexity index is 372. The Balaban J connectivity index is 1.95. The Labute approximate surface area is 85.7 Å². The van der Waals surface area contributed by atoms with E-state index in [-0.39, 0.29) is 11.9 Å². The normalized spacial score (nSPS) is 25.1. The summed E-state index contributed by atoms with van der Waals surface area (Å²) in [6.07, 6.45) is 0.760. The van der Waals surface area contributed by atoms with Crippen LogP contribution in [0.3, 0.4) is 0 Å². The molecule has 1 saturated carbocycles. The van der Waals surface area contributed by atoms with Crippen LogP contribution in [0.25, 0.3) is 0 Å². The lowest BCUT2D eigenvalue weighted by Gasteiger charge is -2.23. The van der Waals surface area contributed by atoms with Crippen molar-refractivity contribution in [2.24, 2.45) is 5.92 Å². The van der Waals surface area contributed by atoms with Crippen LogP contribution in [0.15, 0.2) is 0 Å². The van der Waals surface area contributed by atoms with E-state index in [9.17, 15) is 8.78 Å². The minimum absolute atomic E-state index is 0.279. The van der Waals surface area contributed by atoms with Crippen molar-refractivity contribution in [3.8, 4) is 0 Å². The molecule has 1 aliphatic heterocycles. The second-order valence-electron chi connectivity index (χ2n) is 4.16. The SMILES string of the molecule is FC(F)c1nc2n(n1)C(C1CC1)CCN2. The molecule has 1 atom stereocenters. The topological polar surface area (TPSA) is 42.7 Å². The Morgan fingerprint density at radius 1 is 1.33 bits per heavy atom. The molecule has 6 heteroatoms. The maximum Gasteiger partial charge on any atom is 0.299 e. The van der Waals surface area contributed by atoms with Crippen LogP contribution in [-0.4, -0.2) is 21.3 Å². The van der Waals surface area contributed by atoms with Gasteiger partial charge in [0.05, 0.1) is 6.04 Å². The number of anilines is 1. The number of halogens is 2. The second-order valence-corrected chi connectivity index (χ2v) is 4.16. The third-order valence-corrected chi connectivity index (χ3v) is 3.05. The van der Waals surface area contributed by atoms with Crippen LogP contribution in [0.4, 0.5) is 14.7 Å². The van der Waals surface area contributed by atoms with Crippen molar-refractivity contribution in [1.82, 2.24) is 14.8 Å². The molecule has 2 heterocycles. The summed E-state index contributed by atoms with van der Waals surface area (Å²) in [4.78, 5) is 3.80. The largest absolute Gasteiger partial charge is 0.354 e. The maximum absolute atomic E-state index is 12.4. The summed E-state index contributed by atoms with van der Waals surface area (Å²) >= 11 is 0. The lowest BCUT2D eigenvalue weighted by molar-refractivity contribution is 0.139. The molecule has 0 aromatic carbocycles. The summed E-state index contributed by atoms with van der Waals surface area (Å²) in [6, 6.07) is 0.279. The Morgan fingerprint density at radius 3 is 2.80 bits per heavy atom. The van der Waals surface area contributed by atoms with E-state index >= 15 is 0 Å². The van der Waals surface area contributed by atoms with Crippen LogP contribution >= 0.6 is 0 Å². The molecule has 0 amide bonds. The lowest BCUT2D eigenvalue weighted by atomic mass is 10.1. The summed E-state index contributed by atoms with van der Waals surface area (Å²) in [5, 5.41) is 6.89. The molecule has 1 aromatic rings. The number of hydrogen-bond acceptors (Lipinski definition) is 3. The highest BCUT2D eigenvalue weighted by Crippen LogP contribution is 2.43. The van der Waals surface area contributed by atoms with Crippen molar-refractivity contribution >= 4 is 5.95 Å². The van der Waals surface area contributed by atoms with Gasteiger partial charge in [0.1, 0.15) is 0 Å². The van der Waals surface area contributed by atoms with E-state index in [1.54, 1.807) is 4.68 Å². The first-order valence-electron chi connectivity index (χ1n) is 5.24. The number of nitrogens with one attached hydrogen (secondary N) is 1. The summed E-state index contributed by atoms with van der Waals surface area (Å²) in [7, 11) is 0. The summed E-state index contributed by atoms with van der Waals surface area (Å²) in [6.45, 7) is 0.808. The molecule has 1 fully saturated rings. The standard InChI is InChI=1S/C9H12F2N4/c10-7(11)8-13-9-12-4-3-6(5-1-2-5)15(9)14-8/h5-7H,1-4H2,(H,12,13,14). The average Bonchev–Trinajstić information content (AvgIpc) is 2.95. The molecule has 2 aliphatic rings. The van der Waals surface area contributed by atoms with Gasteiger partial charge in [0.2, 0.25) is 11.8 Å². The number of hydrogen-bond donors (Lipinski definition) is 1. The molecular weight excluding hydrogens is 202 g/mol. The van der Waals surface area contributed by atoms with Gasteiger partial charge >= 0.3 is 0 Å². The lowest BCUT2D eigenvalue weighted by Crippen LogP contribution is -2.25. The van der Waals surface area contributed by atoms with E-state index < -0.39 is 6.43 Å². The minimum Gasteiger partial charge on any atom is -0.354 e. The maximum atomic E-state index is 12.4. The van der Waals surface area contributed by atoms with E-state index in [4.69, 9.17) is 0 Å². The van der Waals surface area contributed by atoms with E-state index in [1.165, 1.54) is 12.8 Å². The van der Waals surface area contributed by atoms with Crippen LogP contribution in [0.5, 0.6) is 0 Å². The molecule has 1 unspecified atom stereocenters. The van der Waals surface area contributed by atoms with Crippen molar-refractivity contribution in [1.29, 1.82) is 0 Å². The van der Waals surface area contributed by atoms with Gasteiger partial charge in [-0.2, -0.15) is 4.98 Å². The number of alkyl halides is 2. The molecule has 15 heavy (non-hydrogen) atoms. The Morgan fingerprint density at radius 2 is 2.13 bits per heavy atom. The van der Waals surface area contributed by atoms with Gasteiger partial charge < -0.3 is 5.32 Å². The Hall–Kier alpha value is -1.20. The zero-order valence-electron chi connectivity index (χ0n) is 8.16. The van der Waals surface area contributed by atoms with Crippen molar-refractivity contribution < 1.29 is 8.78 Å². The van der Waals surface area contributed by atoms with Crippen LogP contribution in [-0.2, 0) is 0 Å². The predicted molar refractivity (Wildman–Crippen MR) is 49.8 cm³/mol. The van der Waals surface area contributed by atoms with Gasteiger partial charge in [0.25, 0.3) is 6.43 Å². The smallest absolute Gasteiger partial charge is 0.299 e. The summed E-state index contributed by atoms with van der Waals surface area (Å²) in [5.74, 6) is 0.775. The highest BCUT2D eigenvalue weighted by molar-refractivity contribution is 5.28. The number of fused-ring (bicyclic) bond motifs is 1. The average molecular weight is 214 g/mol. The second kappa shape index (κ2) is 3.15. The van der Waals surface area contributed by atoms with E-state index in [0.717, 1.165) is 13.0 Å². The van der Waals surface area contributed by atoms with Crippen LogP contribution in [0, 0.1) is 5.92 Å². The zero-order valence-corrected chi connectivity index (χ0v) is 8.16. The fourth-order valence-corrected chi connectivity index (χ4v) is 2.15. The summed E-state index contributed by atoms with van der Waals surface area (Å²) in [5.41, 5.74) is 0. The summed E-state index contributed by atoms with van der Waals surface area (Å²) < 4.78 is 26.5. The first-order chi connectivity index (χ1) is 7.25. The fraction of sp³-hybridized carbons (Fsp3) is 0.778. The first kappa shape index (κ1) is 9.06. The molecule has 0 spiro atoms. The van der Waals surface area contributed by atoms with Gasteiger partial charge in [-0.25, -0.2) is 13.5 Å². The van der Waals surface area contributed by atoms with Gasteiger partial charge in [0.15, 0.2) is 0 Å². The van der Waals surface area contributed by atoms with E-state index in [1.807, 2.05) is 0 Å². The number of nitrogens with zero attached hydrogens (tertiary/aromatic N) is 3. The van der Waals surface area contributed by atoms with E-state index in [0.29, 0.717) is 11.9 Å². The fourth-order valence-electron chi connectivity index (χ4n) is 2.15. The highest BCUT2D eigenvalue weighted by atomic mass is 19.3. The minimum atomic E-state index is -2.58. The molecule has 4 nitrogen and oxygen atoms in total. The molecule has 3 rings (SSSR count). The van der Waals surface area contributed by atoms with Crippen molar-refractivity contribution in [3.05, 3.63) is 5.82 Å². The molecular formula is C9H12F2N4. The molecule has 0 radical (unpaired) electrons. The third kappa shape index (κ3) is 1.48. The van der Waals surface area contributed by atoms with Crippen molar-refractivity contribution in [2.75, 3.05) is 11.9 Å².